The fourth-order valence-corrected chi connectivity index (χ4v) is 2.60. The van der Waals surface area contributed by atoms with E-state index in [1.165, 1.54) is 0 Å². The third-order valence-corrected chi connectivity index (χ3v) is 3.63. The standard InChI is InChI=1S/C16H12Cl2N2O/c17-12-3-4-15(21)11(7-12)9-20-14-8-13(18)6-10-2-1-5-19-16(10)14/h1-8,20-21H,9H2. The molecule has 0 fully saturated rings. The minimum absolute atomic E-state index is 0.200. The lowest BCUT2D eigenvalue weighted by Crippen LogP contribution is -2.01. The van der Waals surface area contributed by atoms with E-state index in [1.54, 1.807) is 24.4 Å². The van der Waals surface area contributed by atoms with Crippen LogP contribution in [0, 0.1) is 0 Å². The normalized spacial score (nSPS) is 10.8. The number of aromatic hydroxyl groups is 1. The molecular formula is C16H12Cl2N2O. The second-order valence-corrected chi connectivity index (χ2v) is 5.53. The molecule has 3 aromatic rings. The van der Waals surface area contributed by atoms with Crippen LogP contribution in [0.4, 0.5) is 5.69 Å². The molecule has 3 rings (SSSR count). The minimum Gasteiger partial charge on any atom is -0.508 e. The summed E-state index contributed by atoms with van der Waals surface area (Å²) in [5.41, 5.74) is 2.37. The molecule has 0 aliphatic carbocycles. The van der Waals surface area contributed by atoms with Gasteiger partial charge in [-0.2, -0.15) is 0 Å². The maximum Gasteiger partial charge on any atom is 0.120 e. The van der Waals surface area contributed by atoms with E-state index in [0.29, 0.717) is 22.2 Å². The third-order valence-electron chi connectivity index (χ3n) is 3.18. The quantitative estimate of drug-likeness (QED) is 0.725. The number of hydrogen-bond acceptors (Lipinski definition) is 3. The first-order valence-corrected chi connectivity index (χ1v) is 7.14. The lowest BCUT2D eigenvalue weighted by molar-refractivity contribution is 0.469. The Morgan fingerprint density at radius 2 is 1.90 bits per heavy atom. The first-order chi connectivity index (χ1) is 10.1. The van der Waals surface area contributed by atoms with Crippen molar-refractivity contribution < 1.29 is 5.11 Å². The summed E-state index contributed by atoms with van der Waals surface area (Å²) in [6, 6.07) is 12.5. The highest BCUT2D eigenvalue weighted by molar-refractivity contribution is 6.32. The second-order valence-electron chi connectivity index (χ2n) is 4.66. The number of benzene rings is 2. The SMILES string of the molecule is Oc1ccc(Cl)cc1CNc1cc(Cl)cc2cccnc12. The smallest absolute Gasteiger partial charge is 0.120 e. The Bertz CT molecular complexity index is 805. The van der Waals surface area contributed by atoms with E-state index in [1.807, 2.05) is 24.3 Å². The van der Waals surface area contributed by atoms with Crippen molar-refractivity contribution in [1.29, 1.82) is 0 Å². The van der Waals surface area contributed by atoms with Gasteiger partial charge in [-0.05, 0) is 36.4 Å². The van der Waals surface area contributed by atoms with Gasteiger partial charge in [0.2, 0.25) is 0 Å². The number of phenols is 1. The molecule has 0 amide bonds. The van der Waals surface area contributed by atoms with Crippen LogP contribution in [0.5, 0.6) is 5.75 Å². The topological polar surface area (TPSA) is 45.1 Å². The number of nitrogens with one attached hydrogen (secondary N) is 1. The molecular weight excluding hydrogens is 307 g/mol. The van der Waals surface area contributed by atoms with Gasteiger partial charge in [0.05, 0.1) is 11.2 Å². The minimum atomic E-state index is 0.200. The number of aromatic nitrogens is 1. The van der Waals surface area contributed by atoms with Gasteiger partial charge in [-0.25, -0.2) is 0 Å². The molecule has 2 aromatic carbocycles. The molecule has 0 spiro atoms. The summed E-state index contributed by atoms with van der Waals surface area (Å²) in [7, 11) is 0. The Morgan fingerprint density at radius 3 is 2.76 bits per heavy atom. The van der Waals surface area contributed by atoms with E-state index in [9.17, 15) is 5.11 Å². The molecule has 21 heavy (non-hydrogen) atoms. The second kappa shape index (κ2) is 5.80. The number of halogens is 2. The number of pyridine rings is 1. The van der Waals surface area contributed by atoms with E-state index in [0.717, 1.165) is 16.6 Å². The zero-order chi connectivity index (χ0) is 14.8. The van der Waals surface area contributed by atoms with Crippen molar-refractivity contribution in [2.24, 2.45) is 0 Å². The van der Waals surface area contributed by atoms with Crippen LogP contribution in [-0.2, 0) is 6.54 Å². The van der Waals surface area contributed by atoms with Gasteiger partial charge in [0, 0.05) is 33.7 Å². The van der Waals surface area contributed by atoms with E-state index >= 15 is 0 Å². The van der Waals surface area contributed by atoms with Crippen LogP contribution in [0.1, 0.15) is 5.56 Å². The van der Waals surface area contributed by atoms with Crippen molar-refractivity contribution >= 4 is 39.8 Å². The van der Waals surface area contributed by atoms with Crippen LogP contribution in [0.2, 0.25) is 10.0 Å². The largest absolute Gasteiger partial charge is 0.508 e. The number of hydrogen-bond donors (Lipinski definition) is 2. The number of anilines is 1. The van der Waals surface area contributed by atoms with Crippen molar-refractivity contribution in [3.63, 3.8) is 0 Å². The Hall–Kier alpha value is -1.97. The van der Waals surface area contributed by atoms with Crippen molar-refractivity contribution in [3.05, 3.63) is 64.3 Å². The number of phenolic OH excluding ortho intramolecular Hbond substituents is 1. The molecule has 0 aliphatic rings. The summed E-state index contributed by atoms with van der Waals surface area (Å²) < 4.78 is 0. The van der Waals surface area contributed by atoms with Crippen LogP contribution in [-0.4, -0.2) is 10.1 Å². The molecule has 0 bridgehead atoms. The molecule has 1 heterocycles. The van der Waals surface area contributed by atoms with Crippen LogP contribution in [0.15, 0.2) is 48.7 Å². The lowest BCUT2D eigenvalue weighted by atomic mass is 10.1. The summed E-state index contributed by atoms with van der Waals surface area (Å²) in [6.45, 7) is 0.429. The Balaban J connectivity index is 1.93. The first-order valence-electron chi connectivity index (χ1n) is 6.39. The molecule has 106 valence electrons. The Kier molecular flexibility index (Phi) is 3.86. The van der Waals surface area contributed by atoms with Gasteiger partial charge in [-0.3, -0.25) is 4.98 Å². The highest BCUT2D eigenvalue weighted by Gasteiger charge is 2.06. The Morgan fingerprint density at radius 1 is 1.05 bits per heavy atom. The maximum absolute atomic E-state index is 9.84. The molecule has 2 N–H and O–H groups in total. The fraction of sp³-hybridized carbons (Fsp3) is 0.0625. The van der Waals surface area contributed by atoms with Gasteiger partial charge >= 0.3 is 0 Å². The first kappa shape index (κ1) is 14.0. The van der Waals surface area contributed by atoms with Crippen LogP contribution >= 0.6 is 23.2 Å². The summed E-state index contributed by atoms with van der Waals surface area (Å²) in [4.78, 5) is 4.36. The summed E-state index contributed by atoms with van der Waals surface area (Å²) in [5.74, 6) is 0.200. The van der Waals surface area contributed by atoms with Gasteiger partial charge in [-0.15, -0.1) is 0 Å². The summed E-state index contributed by atoms with van der Waals surface area (Å²) >= 11 is 12.1. The zero-order valence-corrected chi connectivity index (χ0v) is 12.5. The number of rotatable bonds is 3. The average molecular weight is 319 g/mol. The molecule has 5 heteroatoms. The predicted molar refractivity (Wildman–Crippen MR) is 87.2 cm³/mol. The lowest BCUT2D eigenvalue weighted by Gasteiger charge is -2.11. The molecule has 0 saturated heterocycles. The van der Waals surface area contributed by atoms with Crippen molar-refractivity contribution in [1.82, 2.24) is 4.98 Å². The van der Waals surface area contributed by atoms with Gasteiger partial charge < -0.3 is 10.4 Å². The van der Waals surface area contributed by atoms with Crippen LogP contribution in [0.25, 0.3) is 10.9 Å². The van der Waals surface area contributed by atoms with Gasteiger partial charge in [-0.1, -0.05) is 29.3 Å². The molecule has 0 aliphatic heterocycles. The molecule has 3 nitrogen and oxygen atoms in total. The predicted octanol–water partition coefficient (Wildman–Crippen LogP) is 4.86. The highest BCUT2D eigenvalue weighted by Crippen LogP contribution is 2.28. The summed E-state index contributed by atoms with van der Waals surface area (Å²) in [6.07, 6.45) is 1.73. The van der Waals surface area contributed by atoms with Crippen LogP contribution in [0.3, 0.4) is 0 Å². The van der Waals surface area contributed by atoms with E-state index in [4.69, 9.17) is 23.2 Å². The van der Waals surface area contributed by atoms with Crippen molar-refractivity contribution in [2.75, 3.05) is 5.32 Å². The van der Waals surface area contributed by atoms with E-state index in [-0.39, 0.29) is 5.75 Å². The molecule has 0 unspecified atom stereocenters. The van der Waals surface area contributed by atoms with Gasteiger partial charge in [0.1, 0.15) is 5.75 Å². The zero-order valence-electron chi connectivity index (χ0n) is 11.0. The van der Waals surface area contributed by atoms with E-state index in [2.05, 4.69) is 10.3 Å². The molecule has 1 aromatic heterocycles. The third kappa shape index (κ3) is 3.04. The molecule has 0 atom stereocenters. The monoisotopic (exact) mass is 318 g/mol. The highest BCUT2D eigenvalue weighted by atomic mass is 35.5. The van der Waals surface area contributed by atoms with E-state index < -0.39 is 0 Å². The number of nitrogens with zero attached hydrogens (tertiary/aromatic N) is 1. The Labute approximate surface area is 132 Å². The maximum atomic E-state index is 9.84. The summed E-state index contributed by atoms with van der Waals surface area (Å²) in [5, 5.41) is 15.3. The average Bonchev–Trinajstić information content (AvgIpc) is 2.47. The van der Waals surface area contributed by atoms with Crippen molar-refractivity contribution in [3.8, 4) is 5.75 Å². The molecule has 0 radical (unpaired) electrons. The fourth-order valence-electron chi connectivity index (χ4n) is 2.18. The van der Waals surface area contributed by atoms with Crippen LogP contribution < -0.4 is 5.32 Å². The van der Waals surface area contributed by atoms with Gasteiger partial charge in [0.25, 0.3) is 0 Å². The number of fused-ring (bicyclic) bond motifs is 1. The van der Waals surface area contributed by atoms with Gasteiger partial charge in [0.15, 0.2) is 0 Å². The van der Waals surface area contributed by atoms with Crippen molar-refractivity contribution in [2.45, 2.75) is 6.54 Å². The molecule has 0 saturated carbocycles.